The Morgan fingerprint density at radius 1 is 0.964 bits per heavy atom. The van der Waals surface area contributed by atoms with Gasteiger partial charge in [0.05, 0.1) is 7.36 Å². The first-order chi connectivity index (χ1) is 13.2. The van der Waals surface area contributed by atoms with Crippen LogP contribution in [0.5, 0.6) is 0 Å². The summed E-state index contributed by atoms with van der Waals surface area (Å²) in [5.41, 5.74) is -1.37. The number of para-hydroxylation sites is 2. The van der Waals surface area contributed by atoms with Crippen LogP contribution in [-0.2, 0) is 21.4 Å². The molecule has 2 aromatic rings. The largest absolute Gasteiger partial charge is 0.480 e. The molecule has 1 amide bonds. The molecule has 0 aliphatic rings. The Hall–Kier alpha value is -2.71. The number of benzene rings is 2. The van der Waals surface area contributed by atoms with Gasteiger partial charge in [0.25, 0.3) is 0 Å². The van der Waals surface area contributed by atoms with Crippen LogP contribution < -0.4 is 10.6 Å². The highest BCUT2D eigenvalue weighted by atomic mass is 32.4. The standard InChI is InChI=1S/C17H15F3N3O3PS/c18-16(19,20)15(26)23(11-14(24)25)17(27-28,21-12-7-3-1-4-8-12)22-13-9-5-2-6-10-13/h1-10,21-22H,11H2,(H,24,25). The maximum Gasteiger partial charge on any atom is 0.471 e. The lowest BCUT2D eigenvalue weighted by atomic mass is 10.3. The first-order valence-electron chi connectivity index (χ1n) is 7.79. The number of halogens is 3. The van der Waals surface area contributed by atoms with Gasteiger partial charge in [0.15, 0.2) is 0 Å². The van der Waals surface area contributed by atoms with Crippen molar-refractivity contribution in [1.82, 2.24) is 4.90 Å². The summed E-state index contributed by atoms with van der Waals surface area (Å²) < 4.78 is 39.7. The Balaban J connectivity index is 2.58. The predicted octanol–water partition coefficient (Wildman–Crippen LogP) is 3.71. The summed E-state index contributed by atoms with van der Waals surface area (Å²) in [5, 5.41) is 14.7. The fourth-order valence-corrected chi connectivity index (χ4v) is 3.51. The third-order valence-corrected chi connectivity index (χ3v) is 5.01. The predicted molar refractivity (Wildman–Crippen MR) is 103 cm³/mol. The first kappa shape index (κ1) is 21.6. The zero-order chi connectivity index (χ0) is 20.8. The van der Waals surface area contributed by atoms with Gasteiger partial charge in [-0.25, -0.2) is 0 Å². The third kappa shape index (κ3) is 5.40. The van der Waals surface area contributed by atoms with Crippen molar-refractivity contribution in [1.29, 1.82) is 0 Å². The van der Waals surface area contributed by atoms with E-state index in [2.05, 4.69) is 10.6 Å². The van der Waals surface area contributed by atoms with E-state index in [0.717, 1.165) is 0 Å². The van der Waals surface area contributed by atoms with E-state index in [1.54, 1.807) is 60.7 Å². The number of carboxylic acid groups (broad SMARTS) is 1. The SMILES string of the molecule is O=C(O)CN(C(=O)C(F)(F)F)C(Nc1ccccc1)(Nc1ccccc1)P=S. The Morgan fingerprint density at radius 3 is 1.71 bits per heavy atom. The molecule has 0 fully saturated rings. The summed E-state index contributed by atoms with van der Waals surface area (Å²) in [6.07, 6.45) is -5.29. The summed E-state index contributed by atoms with van der Waals surface area (Å²) in [4.78, 5) is 23.5. The van der Waals surface area contributed by atoms with E-state index >= 15 is 0 Å². The Morgan fingerprint density at radius 2 is 1.39 bits per heavy atom. The zero-order valence-electron chi connectivity index (χ0n) is 14.2. The number of amides is 1. The molecule has 0 radical (unpaired) electrons. The first-order valence-corrected chi connectivity index (χ1v) is 9.70. The molecule has 0 aliphatic heterocycles. The normalized spacial score (nSPS) is 11.7. The molecule has 11 heteroatoms. The second-order valence-electron chi connectivity index (χ2n) is 5.53. The highest BCUT2D eigenvalue weighted by molar-refractivity contribution is 7.97. The lowest BCUT2D eigenvalue weighted by Crippen LogP contribution is -2.62. The number of carbonyl (C=O) groups excluding carboxylic acids is 1. The molecule has 0 unspecified atom stereocenters. The van der Waals surface area contributed by atoms with Gasteiger partial charge < -0.3 is 15.7 Å². The van der Waals surface area contributed by atoms with Crippen LogP contribution >= 0.6 is 7.36 Å². The number of nitrogens with one attached hydrogen (secondary N) is 2. The van der Waals surface area contributed by atoms with Crippen LogP contribution in [0.2, 0.25) is 0 Å². The summed E-state index contributed by atoms with van der Waals surface area (Å²) in [5.74, 6) is -3.95. The summed E-state index contributed by atoms with van der Waals surface area (Å²) in [7, 11) is -0.185. The Labute approximate surface area is 165 Å². The van der Waals surface area contributed by atoms with Crippen LogP contribution in [0.4, 0.5) is 24.5 Å². The quantitative estimate of drug-likeness (QED) is 0.439. The summed E-state index contributed by atoms with van der Waals surface area (Å²) in [6, 6.07) is 16.1. The van der Waals surface area contributed by atoms with E-state index in [4.69, 9.17) is 16.9 Å². The molecule has 28 heavy (non-hydrogen) atoms. The van der Waals surface area contributed by atoms with Crippen LogP contribution in [-0.4, -0.2) is 40.1 Å². The number of anilines is 2. The topological polar surface area (TPSA) is 81.7 Å². The molecular formula is C17H15F3N3O3PS. The van der Waals surface area contributed by atoms with Crippen LogP contribution in [0.1, 0.15) is 0 Å². The molecule has 0 heterocycles. The highest BCUT2D eigenvalue weighted by Crippen LogP contribution is 2.34. The second kappa shape index (κ2) is 8.99. The lowest BCUT2D eigenvalue weighted by Gasteiger charge is -2.41. The van der Waals surface area contributed by atoms with E-state index in [9.17, 15) is 22.8 Å². The van der Waals surface area contributed by atoms with E-state index in [1.807, 2.05) is 0 Å². The zero-order valence-corrected chi connectivity index (χ0v) is 15.9. The number of hydrogen-bond acceptors (Lipinski definition) is 5. The average Bonchev–Trinajstić information content (AvgIpc) is 2.66. The van der Waals surface area contributed by atoms with Crippen molar-refractivity contribution in [3.63, 3.8) is 0 Å². The minimum atomic E-state index is -5.29. The van der Waals surface area contributed by atoms with Gasteiger partial charge in [-0.05, 0) is 24.3 Å². The van der Waals surface area contributed by atoms with Crippen LogP contribution in [0.15, 0.2) is 60.7 Å². The molecule has 2 rings (SSSR count). The summed E-state index contributed by atoms with van der Waals surface area (Å²) >= 11 is 5.05. The van der Waals surface area contributed by atoms with Gasteiger partial charge in [0, 0.05) is 11.4 Å². The molecule has 0 bridgehead atoms. The minimum absolute atomic E-state index is 0.143. The number of aliphatic carboxylic acids is 1. The fourth-order valence-electron chi connectivity index (χ4n) is 2.33. The lowest BCUT2D eigenvalue weighted by molar-refractivity contribution is -0.189. The van der Waals surface area contributed by atoms with E-state index in [1.165, 1.54) is 0 Å². The molecule has 6 nitrogen and oxygen atoms in total. The van der Waals surface area contributed by atoms with Crippen LogP contribution in [0.3, 0.4) is 0 Å². The van der Waals surface area contributed by atoms with E-state index in [-0.39, 0.29) is 12.3 Å². The number of rotatable bonds is 8. The number of alkyl halides is 3. The van der Waals surface area contributed by atoms with Crippen LogP contribution in [0.25, 0.3) is 0 Å². The molecular weight excluding hydrogens is 414 g/mol. The van der Waals surface area contributed by atoms with Crippen molar-refractivity contribution in [3.8, 4) is 0 Å². The van der Waals surface area contributed by atoms with Crippen LogP contribution in [0, 0.1) is 0 Å². The van der Waals surface area contributed by atoms with E-state index < -0.39 is 30.1 Å². The van der Waals surface area contributed by atoms with Gasteiger partial charge in [0.1, 0.15) is 6.54 Å². The van der Waals surface area contributed by atoms with Crippen molar-refractivity contribution in [2.75, 3.05) is 17.2 Å². The van der Waals surface area contributed by atoms with Gasteiger partial charge in [-0.1, -0.05) is 48.2 Å². The van der Waals surface area contributed by atoms with E-state index in [0.29, 0.717) is 11.4 Å². The summed E-state index contributed by atoms with van der Waals surface area (Å²) in [6.45, 7) is -1.22. The third-order valence-electron chi connectivity index (χ3n) is 3.49. The Kier molecular flexibility index (Phi) is 6.93. The molecule has 0 spiro atoms. The van der Waals surface area contributed by atoms with Crippen molar-refractivity contribution in [2.45, 2.75) is 11.7 Å². The maximum absolute atomic E-state index is 13.2. The number of carbonyl (C=O) groups is 2. The van der Waals surface area contributed by atoms with Gasteiger partial charge in [-0.15, -0.1) is 0 Å². The Bertz CT molecular complexity index is 796. The average molecular weight is 429 g/mol. The van der Waals surface area contributed by atoms with Gasteiger partial charge in [0.2, 0.25) is 5.53 Å². The molecule has 2 aromatic carbocycles. The number of carboxylic acids is 1. The van der Waals surface area contributed by atoms with Crippen molar-refractivity contribution in [3.05, 3.63) is 60.7 Å². The highest BCUT2D eigenvalue weighted by Gasteiger charge is 2.51. The second-order valence-corrected chi connectivity index (χ2v) is 6.91. The number of hydrogen-bond donors (Lipinski definition) is 3. The molecule has 0 atom stereocenters. The van der Waals surface area contributed by atoms with Gasteiger partial charge in [-0.3, -0.25) is 14.5 Å². The maximum atomic E-state index is 13.2. The number of nitrogens with zero attached hydrogens (tertiary/aromatic N) is 1. The molecule has 0 aromatic heterocycles. The van der Waals surface area contributed by atoms with Crippen molar-refractivity contribution >= 4 is 42.4 Å². The molecule has 3 N–H and O–H groups in total. The molecule has 0 saturated heterocycles. The van der Waals surface area contributed by atoms with Crippen molar-refractivity contribution in [2.24, 2.45) is 0 Å². The molecule has 0 aliphatic carbocycles. The minimum Gasteiger partial charge on any atom is -0.480 e. The van der Waals surface area contributed by atoms with Gasteiger partial charge in [-0.2, -0.15) is 13.2 Å². The monoisotopic (exact) mass is 429 g/mol. The van der Waals surface area contributed by atoms with Crippen molar-refractivity contribution < 1.29 is 27.9 Å². The molecule has 0 saturated carbocycles. The van der Waals surface area contributed by atoms with Gasteiger partial charge >= 0.3 is 18.1 Å². The molecule has 148 valence electrons. The smallest absolute Gasteiger partial charge is 0.471 e. The fraction of sp³-hybridized carbons (Fsp3) is 0.176.